The number of carbonyl (C=O) groups is 1. The summed E-state index contributed by atoms with van der Waals surface area (Å²) in [4.78, 5) is 14.1. The molecule has 4 heteroatoms. The van der Waals surface area contributed by atoms with Crippen LogP contribution in [0.15, 0.2) is 54.6 Å². The summed E-state index contributed by atoms with van der Waals surface area (Å²) in [6.45, 7) is 2.77. The first-order valence-corrected chi connectivity index (χ1v) is 8.26. The monoisotopic (exact) mass is 325 g/mol. The topological polar surface area (TPSA) is 49.8 Å². The summed E-state index contributed by atoms with van der Waals surface area (Å²) in [6.07, 6.45) is 0. The zero-order valence-electron chi connectivity index (χ0n) is 13.9. The molecule has 1 fully saturated rings. The Balaban J connectivity index is 1.76. The van der Waals surface area contributed by atoms with Crippen LogP contribution in [0.3, 0.4) is 0 Å². The van der Waals surface area contributed by atoms with E-state index in [1.54, 1.807) is 6.07 Å². The first-order valence-electron chi connectivity index (χ1n) is 8.26. The number of hydrogen-bond acceptors (Lipinski definition) is 4. The molecule has 0 aliphatic carbocycles. The average molecular weight is 325 g/mol. The van der Waals surface area contributed by atoms with Crippen molar-refractivity contribution in [1.29, 1.82) is 0 Å². The van der Waals surface area contributed by atoms with Crippen LogP contribution < -0.4 is 0 Å². The van der Waals surface area contributed by atoms with Crippen molar-refractivity contribution < 1.29 is 14.6 Å². The minimum absolute atomic E-state index is 0.151. The molecule has 4 nitrogen and oxygen atoms in total. The van der Waals surface area contributed by atoms with E-state index in [2.05, 4.69) is 17.0 Å². The number of likely N-dealkylation sites (tertiary alicyclic amines) is 1. The van der Waals surface area contributed by atoms with Gasteiger partial charge in [-0.1, -0.05) is 42.5 Å². The van der Waals surface area contributed by atoms with Gasteiger partial charge in [0.25, 0.3) is 0 Å². The maximum Gasteiger partial charge on any atom is 0.337 e. The van der Waals surface area contributed by atoms with Crippen LogP contribution in [-0.4, -0.2) is 42.8 Å². The van der Waals surface area contributed by atoms with Gasteiger partial charge in [0, 0.05) is 38.1 Å². The van der Waals surface area contributed by atoms with E-state index in [0.29, 0.717) is 5.56 Å². The summed E-state index contributed by atoms with van der Waals surface area (Å²) in [7, 11) is 1.39. The zero-order valence-corrected chi connectivity index (χ0v) is 13.9. The lowest BCUT2D eigenvalue weighted by molar-refractivity contribution is 0.0600. The molecule has 0 unspecified atom stereocenters. The van der Waals surface area contributed by atoms with Crippen LogP contribution >= 0.6 is 0 Å². The van der Waals surface area contributed by atoms with Crippen molar-refractivity contribution >= 4 is 5.97 Å². The van der Waals surface area contributed by atoms with Gasteiger partial charge in [-0.05, 0) is 23.3 Å². The van der Waals surface area contributed by atoms with Gasteiger partial charge in [-0.2, -0.15) is 0 Å². The molecule has 0 bridgehead atoms. The molecule has 0 amide bonds. The van der Waals surface area contributed by atoms with Gasteiger partial charge < -0.3 is 9.84 Å². The maximum atomic E-state index is 11.8. The number of benzene rings is 2. The molecule has 2 aromatic rings. The van der Waals surface area contributed by atoms with Gasteiger partial charge in [0.1, 0.15) is 0 Å². The summed E-state index contributed by atoms with van der Waals surface area (Å²) in [5.41, 5.74) is 2.93. The van der Waals surface area contributed by atoms with E-state index in [1.165, 1.54) is 12.7 Å². The second-order valence-corrected chi connectivity index (χ2v) is 6.35. The number of nitrogens with zero attached hydrogens (tertiary/aromatic N) is 1. The molecule has 1 N–H and O–H groups in total. The van der Waals surface area contributed by atoms with Crippen molar-refractivity contribution in [3.8, 4) is 0 Å². The standard InChI is InChI=1S/C20H23NO3/c1-24-20(23)17-9-5-8-16(10-17)19-13-21(12-18(19)14-22)11-15-6-3-2-4-7-15/h2-10,18-19,22H,11-14H2,1H3/t18-,19-/m1/s1. The quantitative estimate of drug-likeness (QED) is 0.859. The van der Waals surface area contributed by atoms with Gasteiger partial charge in [0.05, 0.1) is 12.7 Å². The summed E-state index contributed by atoms with van der Waals surface area (Å²) < 4.78 is 4.81. The first kappa shape index (κ1) is 16.7. The number of ether oxygens (including phenoxy) is 1. The minimum atomic E-state index is -0.323. The second kappa shape index (κ2) is 7.60. The molecule has 126 valence electrons. The summed E-state index contributed by atoms with van der Waals surface area (Å²) in [5, 5.41) is 9.79. The van der Waals surface area contributed by atoms with Crippen molar-refractivity contribution in [2.75, 3.05) is 26.8 Å². The third kappa shape index (κ3) is 3.66. The number of esters is 1. The molecule has 2 aromatic carbocycles. The van der Waals surface area contributed by atoms with Gasteiger partial charge >= 0.3 is 5.97 Å². The lowest BCUT2D eigenvalue weighted by Crippen LogP contribution is -2.20. The normalized spacial score (nSPS) is 20.9. The smallest absolute Gasteiger partial charge is 0.337 e. The van der Waals surface area contributed by atoms with Crippen LogP contribution in [0.25, 0.3) is 0 Å². The zero-order chi connectivity index (χ0) is 16.9. The maximum absolute atomic E-state index is 11.8. The second-order valence-electron chi connectivity index (χ2n) is 6.35. The van der Waals surface area contributed by atoms with Gasteiger partial charge in [-0.3, -0.25) is 4.90 Å². The van der Waals surface area contributed by atoms with Crippen LogP contribution in [0.4, 0.5) is 0 Å². The number of methoxy groups -OCH3 is 1. The summed E-state index contributed by atoms with van der Waals surface area (Å²) >= 11 is 0. The Morgan fingerprint density at radius 3 is 2.67 bits per heavy atom. The average Bonchev–Trinajstić information content (AvgIpc) is 3.05. The highest BCUT2D eigenvalue weighted by Crippen LogP contribution is 2.33. The van der Waals surface area contributed by atoms with E-state index in [0.717, 1.165) is 25.2 Å². The van der Waals surface area contributed by atoms with Crippen molar-refractivity contribution in [3.63, 3.8) is 0 Å². The fraction of sp³-hybridized carbons (Fsp3) is 0.350. The van der Waals surface area contributed by atoms with Crippen LogP contribution in [0.2, 0.25) is 0 Å². The SMILES string of the molecule is COC(=O)c1cccc([C@H]2CN(Cc3ccccc3)C[C@@H]2CO)c1. The van der Waals surface area contributed by atoms with Crippen molar-refractivity contribution in [2.45, 2.75) is 12.5 Å². The van der Waals surface area contributed by atoms with Crippen molar-refractivity contribution in [1.82, 2.24) is 4.90 Å². The molecule has 1 aliphatic rings. The third-order valence-electron chi connectivity index (χ3n) is 4.74. The number of carbonyl (C=O) groups excluding carboxylic acids is 1. The Bertz CT molecular complexity index is 686. The molecule has 3 rings (SSSR count). The van der Waals surface area contributed by atoms with Crippen LogP contribution in [0, 0.1) is 5.92 Å². The summed E-state index contributed by atoms with van der Waals surface area (Å²) in [6, 6.07) is 17.9. The van der Waals surface area contributed by atoms with Crippen LogP contribution in [-0.2, 0) is 11.3 Å². The third-order valence-corrected chi connectivity index (χ3v) is 4.74. The van der Waals surface area contributed by atoms with E-state index in [-0.39, 0.29) is 24.4 Å². The molecule has 0 spiro atoms. The van der Waals surface area contributed by atoms with E-state index < -0.39 is 0 Å². The molecular formula is C20H23NO3. The van der Waals surface area contributed by atoms with Crippen LogP contribution in [0.1, 0.15) is 27.4 Å². The van der Waals surface area contributed by atoms with E-state index in [1.807, 2.05) is 36.4 Å². The van der Waals surface area contributed by atoms with Gasteiger partial charge in [-0.25, -0.2) is 4.79 Å². The van der Waals surface area contributed by atoms with E-state index in [4.69, 9.17) is 4.74 Å². The molecule has 1 aliphatic heterocycles. The molecular weight excluding hydrogens is 302 g/mol. The number of hydrogen-bond donors (Lipinski definition) is 1. The van der Waals surface area contributed by atoms with E-state index in [9.17, 15) is 9.90 Å². The Labute approximate surface area is 142 Å². The highest BCUT2D eigenvalue weighted by atomic mass is 16.5. The fourth-order valence-electron chi connectivity index (χ4n) is 3.51. The van der Waals surface area contributed by atoms with Crippen molar-refractivity contribution in [2.24, 2.45) is 5.92 Å². The highest BCUT2D eigenvalue weighted by molar-refractivity contribution is 5.89. The molecule has 1 heterocycles. The molecule has 1 saturated heterocycles. The number of aliphatic hydroxyl groups is 1. The minimum Gasteiger partial charge on any atom is -0.465 e. The molecule has 2 atom stereocenters. The van der Waals surface area contributed by atoms with Gasteiger partial charge in [-0.15, -0.1) is 0 Å². The Morgan fingerprint density at radius 1 is 1.17 bits per heavy atom. The van der Waals surface area contributed by atoms with Crippen molar-refractivity contribution in [3.05, 3.63) is 71.3 Å². The number of rotatable bonds is 5. The van der Waals surface area contributed by atoms with E-state index >= 15 is 0 Å². The molecule has 0 radical (unpaired) electrons. The summed E-state index contributed by atoms with van der Waals surface area (Å²) in [5.74, 6) is 0.0847. The lowest BCUT2D eigenvalue weighted by Gasteiger charge is -2.17. The largest absolute Gasteiger partial charge is 0.465 e. The molecule has 0 aromatic heterocycles. The Kier molecular flexibility index (Phi) is 5.28. The highest BCUT2D eigenvalue weighted by Gasteiger charge is 2.33. The fourth-order valence-corrected chi connectivity index (χ4v) is 3.51. The van der Waals surface area contributed by atoms with Gasteiger partial charge in [0.15, 0.2) is 0 Å². The lowest BCUT2D eigenvalue weighted by atomic mass is 9.89. The Morgan fingerprint density at radius 2 is 1.96 bits per heavy atom. The predicted molar refractivity (Wildman–Crippen MR) is 92.8 cm³/mol. The van der Waals surface area contributed by atoms with Crippen LogP contribution in [0.5, 0.6) is 0 Å². The van der Waals surface area contributed by atoms with Gasteiger partial charge in [0.2, 0.25) is 0 Å². The Hall–Kier alpha value is -2.17. The predicted octanol–water partition coefficient (Wildman–Crippen LogP) is 2.68. The molecule has 24 heavy (non-hydrogen) atoms. The molecule has 0 saturated carbocycles. The first-order chi connectivity index (χ1) is 11.7. The number of aliphatic hydroxyl groups excluding tert-OH is 1.